The Bertz CT molecular complexity index is 2200. The summed E-state index contributed by atoms with van der Waals surface area (Å²) >= 11 is 0. The van der Waals surface area contributed by atoms with Crippen molar-refractivity contribution in [1.29, 1.82) is 0 Å². The predicted molar refractivity (Wildman–Crippen MR) is 214 cm³/mol. The topological polar surface area (TPSA) is 38.9 Å². The first-order valence-corrected chi connectivity index (χ1v) is 21.3. The molecule has 0 saturated heterocycles. The van der Waals surface area contributed by atoms with E-state index in [1.54, 1.807) is 0 Å². The van der Waals surface area contributed by atoms with Gasteiger partial charge in [-0.1, -0.05) is 120 Å². The number of hydrogen-bond acceptors (Lipinski definition) is 3. The Kier molecular flexibility index (Phi) is 12.3. The van der Waals surface area contributed by atoms with Crippen LogP contribution in [0.3, 0.4) is 0 Å². The molecule has 0 bridgehead atoms. The summed E-state index contributed by atoms with van der Waals surface area (Å²) in [6, 6.07) is 42.4. The van der Waals surface area contributed by atoms with Crippen molar-refractivity contribution in [2.24, 2.45) is 5.92 Å². The van der Waals surface area contributed by atoms with E-state index in [0.717, 1.165) is 50.9 Å². The number of rotatable bonds is 8. The van der Waals surface area contributed by atoms with Crippen LogP contribution in [0.1, 0.15) is 68.7 Å². The molecule has 0 aliphatic rings. The van der Waals surface area contributed by atoms with Crippen molar-refractivity contribution in [3.05, 3.63) is 150 Å². The second-order valence-electron chi connectivity index (χ2n) is 15.1. The molecule has 0 N–H and O–H groups in total. The Balaban J connectivity index is 0.000000211. The second kappa shape index (κ2) is 16.5. The van der Waals surface area contributed by atoms with Gasteiger partial charge in [0.05, 0.1) is 13.7 Å². The molecule has 7 aromatic rings. The standard InChI is InChI=1S/C28H24NO.C18H24NSi.Ir/c1-18(2)21-9-11-24-25-15-23(10-12-27(25)30-28(24)17-21)26-16-22(13-14-29-26)19(3)20-7-5-4-6-8-20;1-14(2)11-16-12-17(15-9-7-6-8-10-15)19-13-18(16)20(3,4)5;/h4-9,11-19H,1-3H3;6-9,12-14H,11H2,1-5H3;/q2*-1;. The van der Waals surface area contributed by atoms with Crippen LogP contribution in [0.2, 0.25) is 19.6 Å². The molecule has 0 fully saturated rings. The fraction of sp³-hybridized carbons (Fsp3) is 0.261. The summed E-state index contributed by atoms with van der Waals surface area (Å²) in [4.78, 5) is 9.32. The molecular weight excluding hydrogens is 817 g/mol. The molecule has 3 heterocycles. The number of aromatic nitrogens is 2. The molecule has 3 aromatic heterocycles. The van der Waals surface area contributed by atoms with Crippen LogP contribution in [0.5, 0.6) is 0 Å². The summed E-state index contributed by atoms with van der Waals surface area (Å²) < 4.78 is 6.10. The van der Waals surface area contributed by atoms with Gasteiger partial charge >= 0.3 is 0 Å². The third-order valence-electron chi connectivity index (χ3n) is 9.37. The van der Waals surface area contributed by atoms with Crippen LogP contribution in [0.15, 0.2) is 120 Å². The van der Waals surface area contributed by atoms with E-state index in [1.807, 2.05) is 30.5 Å². The smallest absolute Gasteiger partial charge is 0.121 e. The normalized spacial score (nSPS) is 12.1. The van der Waals surface area contributed by atoms with Crippen LogP contribution in [0, 0.1) is 18.1 Å². The van der Waals surface area contributed by atoms with Gasteiger partial charge in [0.25, 0.3) is 0 Å². The SMILES string of the molecule is CC(C)Cc1cc(-c2[c-]cccc2)ncc1[Si](C)(C)C.CC(C)c1ccc2c(c1)oc1c[c-]c(-c3cc(C(C)c4ccccc4)ccn3)cc12.[Ir]. The van der Waals surface area contributed by atoms with Gasteiger partial charge in [0, 0.05) is 43.8 Å². The monoisotopic (exact) mass is 865 g/mol. The van der Waals surface area contributed by atoms with Crippen molar-refractivity contribution >= 4 is 35.2 Å². The zero-order chi connectivity index (χ0) is 35.4. The van der Waals surface area contributed by atoms with Gasteiger partial charge in [0.1, 0.15) is 5.58 Å². The Labute approximate surface area is 319 Å². The van der Waals surface area contributed by atoms with Crippen LogP contribution in [-0.2, 0) is 26.5 Å². The van der Waals surface area contributed by atoms with Gasteiger partial charge in [-0.3, -0.25) is 0 Å². The van der Waals surface area contributed by atoms with E-state index < -0.39 is 8.07 Å². The molecule has 0 saturated carbocycles. The minimum atomic E-state index is -1.34. The van der Waals surface area contributed by atoms with Gasteiger partial charge in [0.2, 0.25) is 0 Å². The van der Waals surface area contributed by atoms with Gasteiger partial charge in [-0.15, -0.1) is 59.7 Å². The third kappa shape index (κ3) is 9.02. The number of benzene rings is 4. The fourth-order valence-corrected chi connectivity index (χ4v) is 8.11. The molecule has 7 rings (SSSR count). The summed E-state index contributed by atoms with van der Waals surface area (Å²) in [5.41, 5.74) is 11.2. The maximum Gasteiger partial charge on any atom is 0.121 e. The van der Waals surface area contributed by atoms with Crippen molar-refractivity contribution in [1.82, 2.24) is 9.97 Å². The summed E-state index contributed by atoms with van der Waals surface area (Å²) in [5.74, 6) is 1.45. The van der Waals surface area contributed by atoms with E-state index in [4.69, 9.17) is 4.42 Å². The summed E-state index contributed by atoms with van der Waals surface area (Å²) in [5, 5.41) is 3.74. The molecule has 4 aromatic carbocycles. The molecule has 1 radical (unpaired) electrons. The van der Waals surface area contributed by atoms with E-state index in [0.29, 0.717) is 17.8 Å². The zero-order valence-corrected chi connectivity index (χ0v) is 34.4. The Morgan fingerprint density at radius 2 is 1.41 bits per heavy atom. The minimum Gasteiger partial charge on any atom is -0.500 e. The van der Waals surface area contributed by atoms with E-state index >= 15 is 0 Å². The first-order valence-electron chi connectivity index (χ1n) is 17.8. The van der Waals surface area contributed by atoms with Crippen LogP contribution in [-0.4, -0.2) is 18.0 Å². The van der Waals surface area contributed by atoms with Gasteiger partial charge < -0.3 is 14.4 Å². The largest absolute Gasteiger partial charge is 0.500 e. The average molecular weight is 865 g/mol. The van der Waals surface area contributed by atoms with Crippen molar-refractivity contribution in [3.8, 4) is 22.5 Å². The maximum atomic E-state index is 6.10. The van der Waals surface area contributed by atoms with Crippen molar-refractivity contribution in [3.63, 3.8) is 0 Å². The first-order chi connectivity index (χ1) is 24.0. The number of pyridine rings is 2. The Morgan fingerprint density at radius 1 is 0.667 bits per heavy atom. The third-order valence-corrected chi connectivity index (χ3v) is 11.4. The molecule has 3 nitrogen and oxygen atoms in total. The number of furan rings is 1. The summed E-state index contributed by atoms with van der Waals surface area (Å²) in [7, 11) is -1.34. The van der Waals surface area contributed by atoms with E-state index in [9.17, 15) is 0 Å². The van der Waals surface area contributed by atoms with Gasteiger partial charge in [0.15, 0.2) is 0 Å². The predicted octanol–water partition coefficient (Wildman–Crippen LogP) is 12.0. The zero-order valence-electron chi connectivity index (χ0n) is 31.0. The van der Waals surface area contributed by atoms with Gasteiger partial charge in [-0.2, -0.15) is 0 Å². The first kappa shape index (κ1) is 38.1. The van der Waals surface area contributed by atoms with E-state index in [-0.39, 0.29) is 20.1 Å². The minimum absolute atomic E-state index is 0. The Morgan fingerprint density at radius 3 is 2.10 bits per heavy atom. The van der Waals surface area contributed by atoms with Crippen LogP contribution in [0.25, 0.3) is 44.5 Å². The Hall–Kier alpha value is -4.15. The number of fused-ring (bicyclic) bond motifs is 3. The fourth-order valence-electron chi connectivity index (χ4n) is 6.52. The summed E-state index contributed by atoms with van der Waals surface area (Å²) in [6.45, 7) is 18.4. The molecule has 1 atom stereocenters. The molecule has 0 amide bonds. The van der Waals surface area contributed by atoms with Crippen LogP contribution < -0.4 is 5.19 Å². The molecule has 0 spiro atoms. The maximum absolute atomic E-state index is 6.10. The van der Waals surface area contributed by atoms with E-state index in [2.05, 4.69) is 161 Å². The quantitative estimate of drug-likeness (QED) is 0.113. The molecule has 263 valence electrons. The van der Waals surface area contributed by atoms with Crippen LogP contribution >= 0.6 is 0 Å². The molecular formula is C46H48IrN2OSi-2. The van der Waals surface area contributed by atoms with Crippen molar-refractivity contribution in [2.75, 3.05) is 0 Å². The average Bonchev–Trinajstić information content (AvgIpc) is 3.49. The van der Waals surface area contributed by atoms with E-state index in [1.165, 1.54) is 27.4 Å². The van der Waals surface area contributed by atoms with Crippen LogP contribution in [0.4, 0.5) is 0 Å². The molecule has 0 aliphatic carbocycles. The number of hydrogen-bond donors (Lipinski definition) is 0. The molecule has 5 heteroatoms. The molecule has 1 unspecified atom stereocenters. The van der Waals surface area contributed by atoms with Gasteiger partial charge in [-0.25, -0.2) is 0 Å². The van der Waals surface area contributed by atoms with Crippen molar-refractivity contribution < 1.29 is 24.5 Å². The van der Waals surface area contributed by atoms with Crippen molar-refractivity contribution in [2.45, 2.75) is 72.5 Å². The molecule has 0 aliphatic heterocycles. The number of nitrogens with zero attached hydrogens (tertiary/aromatic N) is 2. The summed E-state index contributed by atoms with van der Waals surface area (Å²) in [6.07, 6.45) is 5.13. The van der Waals surface area contributed by atoms with Gasteiger partial charge in [-0.05, 0) is 63.7 Å². The second-order valence-corrected chi connectivity index (χ2v) is 20.1. The molecule has 51 heavy (non-hydrogen) atoms.